The van der Waals surface area contributed by atoms with E-state index >= 15 is 0 Å². The number of aryl methyl sites for hydroxylation is 2. The molecule has 19 heavy (non-hydrogen) atoms. The molecule has 5 nitrogen and oxygen atoms in total. The van der Waals surface area contributed by atoms with Gasteiger partial charge in [-0.25, -0.2) is 4.98 Å². The Morgan fingerprint density at radius 3 is 2.53 bits per heavy atom. The number of nitrogens with zero attached hydrogens (tertiary/aromatic N) is 2. The average Bonchev–Trinajstić information content (AvgIpc) is 2.37. The maximum Gasteiger partial charge on any atom is 0.219 e. The van der Waals surface area contributed by atoms with E-state index in [9.17, 15) is 0 Å². The van der Waals surface area contributed by atoms with Gasteiger partial charge in [-0.15, -0.1) is 0 Å². The molecule has 98 valence electrons. The highest BCUT2D eigenvalue weighted by Crippen LogP contribution is 2.22. The number of benzene rings is 1. The molecule has 0 aliphatic rings. The van der Waals surface area contributed by atoms with Crippen LogP contribution in [0.3, 0.4) is 0 Å². The van der Waals surface area contributed by atoms with Crippen LogP contribution >= 0.6 is 0 Å². The molecule has 5 heteroatoms. The zero-order valence-electron chi connectivity index (χ0n) is 10.8. The van der Waals surface area contributed by atoms with E-state index in [1.807, 2.05) is 26.0 Å². The predicted molar refractivity (Wildman–Crippen MR) is 72.7 cm³/mol. The molecule has 0 bridgehead atoms. The van der Waals surface area contributed by atoms with Crippen molar-refractivity contribution in [1.29, 1.82) is 0 Å². The molecule has 2 aromatic rings. The topological polar surface area (TPSA) is 80.7 Å². The highest BCUT2D eigenvalue weighted by atomic mass is 16.5. The second-order valence-electron chi connectivity index (χ2n) is 4.27. The Bertz CT molecular complexity index is 604. The van der Waals surface area contributed by atoms with Crippen molar-refractivity contribution in [3.05, 3.63) is 53.2 Å². The minimum atomic E-state index is -0.0501. The SMILES string of the molecule is Cc1cc(C)cc(Oc2cccc(C(N)=NO)n2)c1. The first-order valence-corrected chi connectivity index (χ1v) is 5.79. The molecule has 3 N–H and O–H groups in total. The minimum absolute atomic E-state index is 0.0501. The van der Waals surface area contributed by atoms with Crippen LogP contribution in [-0.2, 0) is 0 Å². The molecule has 0 amide bonds. The van der Waals surface area contributed by atoms with E-state index in [1.54, 1.807) is 18.2 Å². The lowest BCUT2D eigenvalue weighted by atomic mass is 10.1. The number of aromatic nitrogens is 1. The van der Waals surface area contributed by atoms with Gasteiger partial charge >= 0.3 is 0 Å². The van der Waals surface area contributed by atoms with Crippen molar-refractivity contribution in [3.8, 4) is 11.6 Å². The van der Waals surface area contributed by atoms with Crippen LogP contribution in [0, 0.1) is 13.8 Å². The maximum absolute atomic E-state index is 8.62. The van der Waals surface area contributed by atoms with E-state index in [0.717, 1.165) is 11.1 Å². The zero-order chi connectivity index (χ0) is 13.8. The Kier molecular flexibility index (Phi) is 3.66. The first-order valence-electron chi connectivity index (χ1n) is 5.79. The standard InChI is InChI=1S/C14H15N3O2/c1-9-6-10(2)8-11(7-9)19-13-5-3-4-12(16-13)14(15)17-18/h3-8,18H,1-2H3,(H2,15,17). The summed E-state index contributed by atoms with van der Waals surface area (Å²) in [5, 5.41) is 11.5. The number of hydrogen-bond donors (Lipinski definition) is 2. The lowest BCUT2D eigenvalue weighted by Crippen LogP contribution is -2.14. The average molecular weight is 257 g/mol. The van der Waals surface area contributed by atoms with Gasteiger partial charge in [0.05, 0.1) is 0 Å². The molecule has 0 spiro atoms. The van der Waals surface area contributed by atoms with Crippen molar-refractivity contribution < 1.29 is 9.94 Å². The molecule has 0 saturated carbocycles. The number of nitrogens with two attached hydrogens (primary N) is 1. The van der Waals surface area contributed by atoms with Gasteiger partial charge in [0.2, 0.25) is 5.88 Å². The molecule has 0 atom stereocenters. The van der Waals surface area contributed by atoms with Crippen LogP contribution in [0.25, 0.3) is 0 Å². The van der Waals surface area contributed by atoms with Crippen LogP contribution in [0.4, 0.5) is 0 Å². The van der Waals surface area contributed by atoms with Crippen LogP contribution in [-0.4, -0.2) is 16.0 Å². The summed E-state index contributed by atoms with van der Waals surface area (Å²) in [5.41, 5.74) is 8.08. The molecule has 1 aromatic heterocycles. The molecule has 0 aliphatic heterocycles. The third-order valence-electron chi connectivity index (χ3n) is 2.51. The first-order chi connectivity index (χ1) is 9.08. The second kappa shape index (κ2) is 5.39. The lowest BCUT2D eigenvalue weighted by Gasteiger charge is -2.08. The third kappa shape index (κ3) is 3.22. The van der Waals surface area contributed by atoms with E-state index in [2.05, 4.69) is 16.2 Å². The van der Waals surface area contributed by atoms with E-state index in [1.165, 1.54) is 0 Å². The number of ether oxygens (including phenoxy) is 1. The molecule has 0 saturated heterocycles. The van der Waals surface area contributed by atoms with Gasteiger partial charge in [-0.1, -0.05) is 17.3 Å². The van der Waals surface area contributed by atoms with Crippen molar-refractivity contribution in [2.24, 2.45) is 10.9 Å². The van der Waals surface area contributed by atoms with Crippen molar-refractivity contribution >= 4 is 5.84 Å². The summed E-state index contributed by atoms with van der Waals surface area (Å²) in [4.78, 5) is 4.16. The molecule has 0 radical (unpaired) electrons. The summed E-state index contributed by atoms with van der Waals surface area (Å²) in [5.74, 6) is 1.06. The van der Waals surface area contributed by atoms with Gasteiger partial charge in [-0.05, 0) is 43.2 Å². The van der Waals surface area contributed by atoms with Crippen molar-refractivity contribution in [1.82, 2.24) is 4.98 Å². The number of rotatable bonds is 3. The molecule has 0 fully saturated rings. The maximum atomic E-state index is 8.62. The zero-order valence-corrected chi connectivity index (χ0v) is 10.8. The molecule has 1 heterocycles. The fourth-order valence-corrected chi connectivity index (χ4v) is 1.78. The highest BCUT2D eigenvalue weighted by molar-refractivity contribution is 5.95. The van der Waals surface area contributed by atoms with Crippen LogP contribution in [0.15, 0.2) is 41.6 Å². The summed E-state index contributed by atoms with van der Waals surface area (Å²) < 4.78 is 5.67. The smallest absolute Gasteiger partial charge is 0.219 e. The van der Waals surface area contributed by atoms with Gasteiger partial charge in [0.15, 0.2) is 5.84 Å². The van der Waals surface area contributed by atoms with Gasteiger partial charge in [0.25, 0.3) is 0 Å². The van der Waals surface area contributed by atoms with Gasteiger partial charge in [0.1, 0.15) is 11.4 Å². The molecule has 2 rings (SSSR count). The van der Waals surface area contributed by atoms with E-state index in [4.69, 9.17) is 15.7 Å². The van der Waals surface area contributed by atoms with Crippen molar-refractivity contribution in [3.63, 3.8) is 0 Å². The van der Waals surface area contributed by atoms with E-state index in [-0.39, 0.29) is 5.84 Å². The minimum Gasteiger partial charge on any atom is -0.439 e. The molecule has 0 unspecified atom stereocenters. The van der Waals surface area contributed by atoms with Gasteiger partial charge in [-0.2, -0.15) is 0 Å². The van der Waals surface area contributed by atoms with Crippen LogP contribution in [0.2, 0.25) is 0 Å². The summed E-state index contributed by atoms with van der Waals surface area (Å²) in [7, 11) is 0. The Morgan fingerprint density at radius 2 is 1.89 bits per heavy atom. The van der Waals surface area contributed by atoms with Crippen LogP contribution < -0.4 is 10.5 Å². The summed E-state index contributed by atoms with van der Waals surface area (Å²) in [6.07, 6.45) is 0. The third-order valence-corrected chi connectivity index (χ3v) is 2.51. The molecular formula is C14H15N3O2. The van der Waals surface area contributed by atoms with Crippen molar-refractivity contribution in [2.45, 2.75) is 13.8 Å². The lowest BCUT2D eigenvalue weighted by molar-refractivity contribution is 0.318. The van der Waals surface area contributed by atoms with Crippen LogP contribution in [0.5, 0.6) is 11.6 Å². The number of pyridine rings is 1. The fraction of sp³-hybridized carbons (Fsp3) is 0.143. The fourth-order valence-electron chi connectivity index (χ4n) is 1.78. The molecule has 0 aliphatic carbocycles. The largest absolute Gasteiger partial charge is 0.439 e. The Hall–Kier alpha value is -2.56. The first kappa shape index (κ1) is 12.9. The van der Waals surface area contributed by atoms with Gasteiger partial charge in [0, 0.05) is 6.07 Å². The monoisotopic (exact) mass is 257 g/mol. The summed E-state index contributed by atoms with van der Waals surface area (Å²) in [6, 6.07) is 11.0. The van der Waals surface area contributed by atoms with Gasteiger partial charge in [-0.3, -0.25) is 0 Å². The number of amidine groups is 1. The normalized spacial score (nSPS) is 11.4. The molecule has 1 aromatic carbocycles. The van der Waals surface area contributed by atoms with Gasteiger partial charge < -0.3 is 15.7 Å². The highest BCUT2D eigenvalue weighted by Gasteiger charge is 2.05. The summed E-state index contributed by atoms with van der Waals surface area (Å²) >= 11 is 0. The van der Waals surface area contributed by atoms with Crippen LogP contribution in [0.1, 0.15) is 16.8 Å². The summed E-state index contributed by atoms with van der Waals surface area (Å²) in [6.45, 7) is 4.00. The Labute approximate surface area is 111 Å². The number of oxime groups is 1. The number of hydrogen-bond acceptors (Lipinski definition) is 4. The van der Waals surface area contributed by atoms with E-state index < -0.39 is 0 Å². The van der Waals surface area contributed by atoms with E-state index in [0.29, 0.717) is 17.3 Å². The second-order valence-corrected chi connectivity index (χ2v) is 4.27. The predicted octanol–water partition coefficient (Wildman–Crippen LogP) is 2.59. The Morgan fingerprint density at radius 1 is 1.21 bits per heavy atom. The molecular weight excluding hydrogens is 242 g/mol. The van der Waals surface area contributed by atoms with Crippen molar-refractivity contribution in [2.75, 3.05) is 0 Å². The quantitative estimate of drug-likeness (QED) is 0.383. The Balaban J connectivity index is 2.28.